The molecule has 2 aromatic carbocycles. The van der Waals surface area contributed by atoms with E-state index >= 15 is 0 Å². The predicted molar refractivity (Wildman–Crippen MR) is 90.9 cm³/mol. The molecule has 0 aliphatic heterocycles. The summed E-state index contributed by atoms with van der Waals surface area (Å²) in [5, 5.41) is 3.25. The average molecular weight is 278 g/mol. The number of rotatable bonds is 3. The highest BCUT2D eigenvalue weighted by molar-refractivity contribution is 7.05. The van der Waals surface area contributed by atoms with Crippen LogP contribution in [-0.2, 0) is 6.42 Å². The largest absolute Gasteiger partial charge is 0.115 e. The van der Waals surface area contributed by atoms with Gasteiger partial charge in [-0.1, -0.05) is 84.9 Å². The summed E-state index contributed by atoms with van der Waals surface area (Å²) in [7, 11) is -1.60. The fourth-order valence-corrected chi connectivity index (χ4v) is 7.47. The lowest BCUT2D eigenvalue weighted by Gasteiger charge is -2.30. The number of hydrogen-bond donors (Lipinski definition) is 0. The van der Waals surface area contributed by atoms with Crippen LogP contribution in [0.3, 0.4) is 0 Å². The number of benzene rings is 2. The van der Waals surface area contributed by atoms with Gasteiger partial charge in [-0.2, -0.15) is 0 Å². The molecule has 0 fully saturated rings. The average Bonchev–Trinajstić information content (AvgIpc) is 2.83. The fourth-order valence-electron chi connectivity index (χ4n) is 3.62. The first-order chi connectivity index (χ1) is 9.66. The molecule has 1 unspecified atom stereocenters. The number of allylic oxidation sites excluding steroid dienone is 1. The predicted octanol–water partition coefficient (Wildman–Crippen LogP) is 4.56. The minimum Gasteiger partial charge on any atom is -0.0686 e. The van der Waals surface area contributed by atoms with Gasteiger partial charge in [0.15, 0.2) is 0 Å². The van der Waals surface area contributed by atoms with E-state index in [4.69, 9.17) is 0 Å². The van der Waals surface area contributed by atoms with Crippen molar-refractivity contribution in [2.45, 2.75) is 32.9 Å². The Bertz CT molecular complexity index is 654. The molecule has 0 spiro atoms. The molecule has 102 valence electrons. The van der Waals surface area contributed by atoms with Gasteiger partial charge >= 0.3 is 0 Å². The number of fused-ring (bicyclic) bond motifs is 1. The summed E-state index contributed by atoms with van der Waals surface area (Å²) in [6.45, 7) is 7.23. The lowest BCUT2D eigenvalue weighted by atomic mass is 10.1. The summed E-state index contributed by atoms with van der Waals surface area (Å²) < 4.78 is 0. The van der Waals surface area contributed by atoms with Gasteiger partial charge in [0.25, 0.3) is 0 Å². The molecule has 1 atom stereocenters. The minimum atomic E-state index is -1.60. The van der Waals surface area contributed by atoms with Crippen LogP contribution in [0.1, 0.15) is 25.0 Å². The van der Waals surface area contributed by atoms with E-state index in [0.29, 0.717) is 0 Å². The molecule has 2 aromatic rings. The third-order valence-electron chi connectivity index (χ3n) is 4.84. The Balaban J connectivity index is 2.18. The molecule has 20 heavy (non-hydrogen) atoms. The Kier molecular flexibility index (Phi) is 3.39. The second-order valence-corrected chi connectivity index (χ2v) is 10.5. The van der Waals surface area contributed by atoms with E-state index in [1.165, 1.54) is 17.2 Å². The van der Waals surface area contributed by atoms with Crippen LogP contribution in [0.5, 0.6) is 0 Å². The summed E-state index contributed by atoms with van der Waals surface area (Å²) >= 11 is 0. The van der Waals surface area contributed by atoms with Gasteiger partial charge in [-0.3, -0.25) is 0 Å². The normalized spacial score (nSPS) is 16.9. The molecule has 0 aromatic heterocycles. The molecular formula is C19H22Si. The molecule has 1 aliphatic carbocycles. The van der Waals surface area contributed by atoms with Crippen LogP contribution >= 0.6 is 0 Å². The monoisotopic (exact) mass is 278 g/mol. The molecular weight excluding hydrogens is 256 g/mol. The summed E-state index contributed by atoms with van der Waals surface area (Å²) in [5.41, 5.74) is 4.62. The van der Waals surface area contributed by atoms with Crippen molar-refractivity contribution in [3.63, 3.8) is 0 Å². The molecule has 0 saturated carbocycles. The Morgan fingerprint density at radius 1 is 0.950 bits per heavy atom. The van der Waals surface area contributed by atoms with Crippen LogP contribution < -0.4 is 5.19 Å². The first-order valence-electron chi connectivity index (χ1n) is 7.51. The first-order valence-corrected chi connectivity index (χ1v) is 10.2. The molecule has 0 radical (unpaired) electrons. The molecule has 0 nitrogen and oxygen atoms in total. The third-order valence-corrected chi connectivity index (χ3v) is 9.66. The second-order valence-electron chi connectivity index (χ2n) is 6.04. The van der Waals surface area contributed by atoms with Gasteiger partial charge in [-0.25, -0.2) is 0 Å². The highest BCUT2D eigenvalue weighted by atomic mass is 28.3. The smallest absolute Gasteiger partial charge is 0.0686 e. The molecule has 0 bridgehead atoms. The zero-order valence-electron chi connectivity index (χ0n) is 12.6. The summed E-state index contributed by atoms with van der Waals surface area (Å²) in [4.78, 5) is 0. The Labute approximate surface area is 123 Å². The van der Waals surface area contributed by atoms with E-state index in [-0.39, 0.29) is 0 Å². The van der Waals surface area contributed by atoms with Crippen molar-refractivity contribution in [1.29, 1.82) is 0 Å². The van der Waals surface area contributed by atoms with Crippen molar-refractivity contribution < 1.29 is 0 Å². The van der Waals surface area contributed by atoms with Crippen LogP contribution in [0.4, 0.5) is 0 Å². The van der Waals surface area contributed by atoms with Crippen molar-refractivity contribution in [3.8, 4) is 0 Å². The van der Waals surface area contributed by atoms with Gasteiger partial charge in [0.05, 0.1) is 0 Å². The van der Waals surface area contributed by atoms with Crippen molar-refractivity contribution in [2.75, 3.05) is 0 Å². The van der Waals surface area contributed by atoms with Crippen molar-refractivity contribution in [1.82, 2.24) is 0 Å². The van der Waals surface area contributed by atoms with E-state index in [2.05, 4.69) is 75.0 Å². The standard InChI is InChI=1S/C19H22Si/c1-4-20(3,17-11-6-5-7-12-17)19-15(2)14-16-10-8-9-13-18(16)19/h5-13H,4,14H2,1-3H3. The van der Waals surface area contributed by atoms with Crippen LogP contribution in [0.2, 0.25) is 12.6 Å². The molecule has 1 heteroatoms. The van der Waals surface area contributed by atoms with Crippen molar-refractivity contribution in [2.24, 2.45) is 0 Å². The third kappa shape index (κ3) is 1.97. The highest BCUT2D eigenvalue weighted by Crippen LogP contribution is 2.39. The lowest BCUT2D eigenvalue weighted by molar-refractivity contribution is 1.19. The van der Waals surface area contributed by atoms with Gasteiger partial charge in [0.1, 0.15) is 8.07 Å². The Morgan fingerprint density at radius 3 is 2.30 bits per heavy atom. The summed E-state index contributed by atoms with van der Waals surface area (Å²) in [6.07, 6.45) is 1.14. The maximum absolute atomic E-state index is 2.53. The molecule has 0 N–H and O–H groups in total. The van der Waals surface area contributed by atoms with Gasteiger partial charge in [0, 0.05) is 0 Å². The van der Waals surface area contributed by atoms with E-state index in [1.54, 1.807) is 16.0 Å². The van der Waals surface area contributed by atoms with E-state index in [0.717, 1.165) is 6.42 Å². The Morgan fingerprint density at radius 2 is 1.60 bits per heavy atom. The summed E-state index contributed by atoms with van der Waals surface area (Å²) in [6, 6.07) is 21.4. The van der Waals surface area contributed by atoms with E-state index in [1.807, 2.05) is 0 Å². The molecule has 0 heterocycles. The molecule has 0 amide bonds. The topological polar surface area (TPSA) is 0 Å². The van der Waals surface area contributed by atoms with Gasteiger partial charge in [-0.05, 0) is 29.7 Å². The van der Waals surface area contributed by atoms with Gasteiger partial charge in [0.2, 0.25) is 0 Å². The zero-order chi connectivity index (χ0) is 14.2. The first kappa shape index (κ1) is 13.4. The van der Waals surface area contributed by atoms with Crippen LogP contribution in [0, 0.1) is 0 Å². The highest BCUT2D eigenvalue weighted by Gasteiger charge is 2.37. The molecule has 0 saturated heterocycles. The molecule has 3 rings (SSSR count). The van der Waals surface area contributed by atoms with Crippen LogP contribution in [0.25, 0.3) is 5.20 Å². The van der Waals surface area contributed by atoms with Gasteiger partial charge in [-0.15, -0.1) is 0 Å². The minimum absolute atomic E-state index is 1.14. The second kappa shape index (κ2) is 5.06. The maximum atomic E-state index is 2.53. The number of hydrogen-bond acceptors (Lipinski definition) is 0. The Hall–Kier alpha value is -1.60. The SMILES string of the molecule is CC[Si](C)(C1=C(C)Cc2ccccc21)c1ccccc1. The quantitative estimate of drug-likeness (QED) is 0.722. The van der Waals surface area contributed by atoms with Crippen LogP contribution in [-0.4, -0.2) is 8.07 Å². The maximum Gasteiger partial charge on any atom is 0.115 e. The fraction of sp³-hybridized carbons (Fsp3) is 0.263. The van der Waals surface area contributed by atoms with Gasteiger partial charge < -0.3 is 0 Å². The zero-order valence-corrected chi connectivity index (χ0v) is 13.6. The summed E-state index contributed by atoms with van der Waals surface area (Å²) in [5.74, 6) is 0. The van der Waals surface area contributed by atoms with Crippen molar-refractivity contribution >= 4 is 18.5 Å². The lowest BCUT2D eigenvalue weighted by Crippen LogP contribution is -2.45. The van der Waals surface area contributed by atoms with Crippen molar-refractivity contribution in [3.05, 3.63) is 71.3 Å². The van der Waals surface area contributed by atoms with E-state index < -0.39 is 8.07 Å². The molecule has 1 aliphatic rings. The van der Waals surface area contributed by atoms with E-state index in [9.17, 15) is 0 Å². The van der Waals surface area contributed by atoms with Crippen LogP contribution in [0.15, 0.2) is 60.2 Å².